The zero-order valence-corrected chi connectivity index (χ0v) is 9.18. The van der Waals surface area contributed by atoms with E-state index in [1.807, 2.05) is 0 Å². The van der Waals surface area contributed by atoms with Crippen molar-refractivity contribution in [1.82, 2.24) is 0 Å². The molecule has 0 aromatic heterocycles. The molecule has 0 radical (unpaired) electrons. The van der Waals surface area contributed by atoms with Gasteiger partial charge >= 0.3 is 7.69 Å². The first-order chi connectivity index (χ1) is 6.41. The summed E-state index contributed by atoms with van der Waals surface area (Å²) in [5.41, 5.74) is 0. The summed E-state index contributed by atoms with van der Waals surface area (Å²) >= 11 is 0. The maximum atomic E-state index is 5.29. The van der Waals surface area contributed by atoms with Crippen LogP contribution in [0.25, 0.3) is 0 Å². The van der Waals surface area contributed by atoms with Gasteiger partial charge in [-0.2, -0.15) is 0 Å². The molecule has 0 fully saturated rings. The molecule has 0 saturated heterocycles. The van der Waals surface area contributed by atoms with Crippen LogP contribution in [0.15, 0.2) is 0 Å². The molecule has 0 aliphatic carbocycles. The second-order valence-corrected chi connectivity index (χ2v) is 3.35. The Kier molecular flexibility index (Phi) is 12.0. The molecule has 0 aromatic rings. The van der Waals surface area contributed by atoms with E-state index in [0.29, 0.717) is 7.69 Å². The Morgan fingerprint density at radius 1 is 0.769 bits per heavy atom. The predicted molar refractivity (Wildman–Crippen MR) is 58.1 cm³/mol. The Hall–Kier alpha value is -0.0151. The van der Waals surface area contributed by atoms with E-state index in [4.69, 9.17) is 9.31 Å². The lowest BCUT2D eigenvalue weighted by Crippen LogP contribution is -2.06. The smallest absolute Gasteiger partial charge is 0.414 e. The molecule has 0 atom stereocenters. The standard InChI is InChI=1S/C10H23BO2/c1-3-5-7-9-12-11-13-10-8-6-4-2/h11H,3-10H2,1-2H3. The molecule has 2 nitrogen and oxygen atoms in total. The molecule has 0 spiro atoms. The van der Waals surface area contributed by atoms with Crippen LogP contribution in [0.2, 0.25) is 0 Å². The van der Waals surface area contributed by atoms with Crippen molar-refractivity contribution in [2.75, 3.05) is 13.2 Å². The molecular formula is C10H23BO2. The van der Waals surface area contributed by atoms with Crippen molar-refractivity contribution in [3.63, 3.8) is 0 Å². The average Bonchev–Trinajstić information content (AvgIpc) is 2.16. The van der Waals surface area contributed by atoms with Gasteiger partial charge in [-0.05, 0) is 12.8 Å². The Balaban J connectivity index is 2.76. The first kappa shape index (κ1) is 13.0. The minimum atomic E-state index is 0.480. The molecule has 13 heavy (non-hydrogen) atoms. The van der Waals surface area contributed by atoms with E-state index in [0.717, 1.165) is 26.1 Å². The lowest BCUT2D eigenvalue weighted by atomic mass is 10.2. The summed E-state index contributed by atoms with van der Waals surface area (Å²) in [6.45, 7) is 6.09. The van der Waals surface area contributed by atoms with Gasteiger partial charge in [0.1, 0.15) is 0 Å². The average molecular weight is 186 g/mol. The third-order valence-corrected chi connectivity index (χ3v) is 1.95. The van der Waals surface area contributed by atoms with E-state index >= 15 is 0 Å². The third-order valence-electron chi connectivity index (χ3n) is 1.95. The molecule has 0 aliphatic heterocycles. The van der Waals surface area contributed by atoms with E-state index in [9.17, 15) is 0 Å². The van der Waals surface area contributed by atoms with Gasteiger partial charge in [0.15, 0.2) is 0 Å². The van der Waals surface area contributed by atoms with Gasteiger partial charge in [0.05, 0.1) is 0 Å². The molecule has 0 rings (SSSR count). The highest BCUT2D eigenvalue weighted by Crippen LogP contribution is 1.95. The second-order valence-electron chi connectivity index (χ2n) is 3.35. The predicted octanol–water partition coefficient (Wildman–Crippen LogP) is 2.67. The summed E-state index contributed by atoms with van der Waals surface area (Å²) in [5.74, 6) is 0. The van der Waals surface area contributed by atoms with Crippen molar-refractivity contribution in [1.29, 1.82) is 0 Å². The van der Waals surface area contributed by atoms with Crippen molar-refractivity contribution < 1.29 is 9.31 Å². The van der Waals surface area contributed by atoms with E-state index in [2.05, 4.69) is 13.8 Å². The zero-order valence-electron chi connectivity index (χ0n) is 9.18. The maximum absolute atomic E-state index is 5.29. The number of unbranched alkanes of at least 4 members (excludes halogenated alkanes) is 4. The van der Waals surface area contributed by atoms with Gasteiger partial charge in [-0.3, -0.25) is 0 Å². The lowest BCUT2D eigenvalue weighted by molar-refractivity contribution is 0.214. The largest absolute Gasteiger partial charge is 0.438 e. The number of rotatable bonds is 10. The molecule has 0 bridgehead atoms. The summed E-state index contributed by atoms with van der Waals surface area (Å²) in [5, 5.41) is 0. The van der Waals surface area contributed by atoms with E-state index in [1.165, 1.54) is 25.7 Å². The summed E-state index contributed by atoms with van der Waals surface area (Å²) in [4.78, 5) is 0. The zero-order chi connectivity index (χ0) is 9.78. The van der Waals surface area contributed by atoms with Crippen LogP contribution in [0, 0.1) is 0 Å². The van der Waals surface area contributed by atoms with Crippen LogP contribution in [-0.4, -0.2) is 20.9 Å². The van der Waals surface area contributed by atoms with Crippen molar-refractivity contribution in [2.24, 2.45) is 0 Å². The molecule has 0 saturated carbocycles. The minimum Gasteiger partial charge on any atom is -0.414 e. The van der Waals surface area contributed by atoms with E-state index in [1.54, 1.807) is 0 Å². The summed E-state index contributed by atoms with van der Waals surface area (Å²) in [6, 6.07) is 0. The fraction of sp³-hybridized carbons (Fsp3) is 1.00. The van der Waals surface area contributed by atoms with Gasteiger partial charge in [-0.1, -0.05) is 39.5 Å². The molecule has 0 unspecified atom stereocenters. The molecular weight excluding hydrogens is 163 g/mol. The Morgan fingerprint density at radius 2 is 1.23 bits per heavy atom. The van der Waals surface area contributed by atoms with Crippen molar-refractivity contribution >= 4 is 7.69 Å². The highest BCUT2D eigenvalue weighted by molar-refractivity contribution is 6.17. The van der Waals surface area contributed by atoms with E-state index in [-0.39, 0.29) is 0 Å². The summed E-state index contributed by atoms with van der Waals surface area (Å²) in [6.07, 6.45) is 7.34. The molecule has 3 heteroatoms. The first-order valence-electron chi connectivity index (χ1n) is 5.57. The Labute approximate surface area is 83.3 Å². The molecule has 0 aromatic carbocycles. The molecule has 0 heterocycles. The topological polar surface area (TPSA) is 18.5 Å². The van der Waals surface area contributed by atoms with Gasteiger partial charge < -0.3 is 9.31 Å². The molecule has 0 N–H and O–H groups in total. The summed E-state index contributed by atoms with van der Waals surface area (Å²) < 4.78 is 10.6. The monoisotopic (exact) mass is 186 g/mol. The quantitative estimate of drug-likeness (QED) is 0.385. The van der Waals surface area contributed by atoms with Crippen molar-refractivity contribution in [3.8, 4) is 0 Å². The van der Waals surface area contributed by atoms with Gasteiger partial charge in [-0.15, -0.1) is 0 Å². The van der Waals surface area contributed by atoms with Crippen LogP contribution in [-0.2, 0) is 9.31 Å². The van der Waals surface area contributed by atoms with Crippen LogP contribution >= 0.6 is 0 Å². The van der Waals surface area contributed by atoms with Crippen LogP contribution in [0.4, 0.5) is 0 Å². The molecule has 0 aliphatic rings. The van der Waals surface area contributed by atoms with Gasteiger partial charge in [0, 0.05) is 13.2 Å². The van der Waals surface area contributed by atoms with Crippen LogP contribution in [0.3, 0.4) is 0 Å². The van der Waals surface area contributed by atoms with Gasteiger partial charge in [0.2, 0.25) is 0 Å². The fourth-order valence-electron chi connectivity index (χ4n) is 1.09. The lowest BCUT2D eigenvalue weighted by Gasteiger charge is -2.03. The molecule has 0 amide bonds. The third kappa shape index (κ3) is 12.0. The van der Waals surface area contributed by atoms with Gasteiger partial charge in [-0.25, -0.2) is 0 Å². The van der Waals surface area contributed by atoms with Crippen LogP contribution in [0.5, 0.6) is 0 Å². The number of hydrogen-bond acceptors (Lipinski definition) is 2. The van der Waals surface area contributed by atoms with Crippen molar-refractivity contribution in [3.05, 3.63) is 0 Å². The van der Waals surface area contributed by atoms with Crippen LogP contribution < -0.4 is 0 Å². The fourth-order valence-corrected chi connectivity index (χ4v) is 1.09. The first-order valence-corrected chi connectivity index (χ1v) is 5.57. The van der Waals surface area contributed by atoms with Crippen LogP contribution in [0.1, 0.15) is 52.4 Å². The van der Waals surface area contributed by atoms with E-state index < -0.39 is 0 Å². The summed E-state index contributed by atoms with van der Waals surface area (Å²) in [7, 11) is 0.480. The normalized spacial score (nSPS) is 10.3. The second kappa shape index (κ2) is 12.0. The minimum absolute atomic E-state index is 0.480. The van der Waals surface area contributed by atoms with Crippen molar-refractivity contribution in [2.45, 2.75) is 52.4 Å². The highest BCUT2D eigenvalue weighted by Gasteiger charge is 1.92. The Morgan fingerprint density at radius 3 is 1.62 bits per heavy atom. The van der Waals surface area contributed by atoms with Gasteiger partial charge in [0.25, 0.3) is 0 Å². The highest BCUT2D eigenvalue weighted by atomic mass is 16.6. The number of hydrogen-bond donors (Lipinski definition) is 0. The maximum Gasteiger partial charge on any atom is 0.438 e. The molecule has 78 valence electrons. The SMILES string of the molecule is CCCCCOBOCCCCC. The Bertz CT molecular complexity index is 79.0.